The van der Waals surface area contributed by atoms with Gasteiger partial charge < -0.3 is 114 Å². The predicted octanol–water partition coefficient (Wildman–Crippen LogP) is 20.1. The van der Waals surface area contributed by atoms with Gasteiger partial charge in [-0.2, -0.15) is 24.9 Å². The lowest BCUT2D eigenvalue weighted by molar-refractivity contribution is 0.0963. The molecule has 3 fully saturated rings. The average molecular weight is 2150 g/mol. The first-order valence-electron chi connectivity index (χ1n) is 46.9. The van der Waals surface area contributed by atoms with Crippen molar-refractivity contribution >= 4 is 216 Å². The van der Waals surface area contributed by atoms with E-state index in [9.17, 15) is 36.0 Å². The van der Waals surface area contributed by atoms with E-state index in [4.69, 9.17) is 63.2 Å². The molecule has 5 aromatic heterocycles. The minimum Gasteiger partial charge on any atom is -0.495 e. The number of likely N-dealkylation sites (tertiary alicyclic amines) is 2. The molecule has 16 rings (SSSR count). The monoisotopic (exact) mass is 2150 g/mol. The Morgan fingerprint density at radius 3 is 1.39 bits per heavy atom. The number of fused-ring (bicyclic) bond motifs is 1. The largest absolute Gasteiger partial charge is 0.495 e. The summed E-state index contributed by atoms with van der Waals surface area (Å²) in [5, 5.41) is 32.7. The van der Waals surface area contributed by atoms with Crippen molar-refractivity contribution < 1.29 is 64.5 Å². The van der Waals surface area contributed by atoms with Crippen LogP contribution in [0, 0.1) is 0 Å². The van der Waals surface area contributed by atoms with Gasteiger partial charge in [-0.1, -0.05) is 71.2 Å². The van der Waals surface area contributed by atoms with Gasteiger partial charge >= 0.3 is 0 Å². The maximum Gasteiger partial charge on any atom is 0.253 e. The first kappa shape index (κ1) is 110. The minimum absolute atomic E-state index is 0.165. The molecule has 0 atom stereocenters. The van der Waals surface area contributed by atoms with Crippen LogP contribution in [0.3, 0.4) is 0 Å². The van der Waals surface area contributed by atoms with Crippen LogP contribution in [0.4, 0.5) is 92.6 Å². The van der Waals surface area contributed by atoms with E-state index in [1.165, 1.54) is 71.6 Å². The third-order valence-electron chi connectivity index (χ3n) is 24.4. The van der Waals surface area contributed by atoms with Gasteiger partial charge in [-0.3, -0.25) is 9.69 Å². The van der Waals surface area contributed by atoms with E-state index in [2.05, 4.69) is 114 Å². The number of piperidine rings is 1. The van der Waals surface area contributed by atoms with E-state index >= 15 is 0 Å². The second-order valence-corrected chi connectivity index (χ2v) is 56.2. The molecule has 3 aliphatic heterocycles. The van der Waals surface area contributed by atoms with Crippen LogP contribution >= 0.6 is 70.5 Å². The molecule has 13 aromatic rings. The summed E-state index contributed by atoms with van der Waals surface area (Å²) < 4.78 is 123. The van der Waals surface area contributed by atoms with Crippen LogP contribution in [0.15, 0.2) is 200 Å². The Kier molecular flexibility index (Phi) is 37.4. The van der Waals surface area contributed by atoms with Crippen molar-refractivity contribution in [1.82, 2.24) is 64.9 Å². The van der Waals surface area contributed by atoms with Crippen molar-refractivity contribution in [3.05, 3.63) is 215 Å². The van der Waals surface area contributed by atoms with Crippen molar-refractivity contribution in [1.29, 1.82) is 0 Å². The topological polar surface area (TPSA) is 429 Å². The minimum atomic E-state index is -3.55. The number of ether oxygens (including phenoxy) is 6. The summed E-state index contributed by atoms with van der Waals surface area (Å²) in [6.07, 6.45) is 13.5. The summed E-state index contributed by atoms with van der Waals surface area (Å²) in [7, 11) is -4.33. The Morgan fingerprint density at radius 1 is 0.476 bits per heavy atom. The number of amides is 1. The van der Waals surface area contributed by atoms with E-state index in [1.807, 2.05) is 78.9 Å². The van der Waals surface area contributed by atoms with Crippen LogP contribution in [0.2, 0.25) is 15.1 Å². The highest BCUT2D eigenvalue weighted by Gasteiger charge is 2.36. The fraction of sp³-hybridized carbons (Fsp3) is 0.337. The zero-order valence-corrected chi connectivity index (χ0v) is 91.7. The Hall–Kier alpha value is -11.9. The molecule has 3 aliphatic rings. The summed E-state index contributed by atoms with van der Waals surface area (Å²) in [6, 6.07) is 50.9. The average Bonchev–Trinajstić information content (AvgIpc) is 1.56. The quantitative estimate of drug-likeness (QED) is 0.0130. The first-order chi connectivity index (χ1) is 69.0. The van der Waals surface area contributed by atoms with Gasteiger partial charge in [0, 0.05) is 83.8 Å². The summed E-state index contributed by atoms with van der Waals surface area (Å²) in [5.41, 5.74) is 5.98. The number of rotatable bonds is 35. The molecule has 1 amide bonds. The smallest absolute Gasteiger partial charge is 0.253 e. The predicted molar refractivity (Wildman–Crippen MR) is 592 cm³/mol. The van der Waals surface area contributed by atoms with E-state index in [-0.39, 0.29) is 33.5 Å². The van der Waals surface area contributed by atoms with E-state index in [0.29, 0.717) is 160 Å². The number of benzene rings is 8. The zero-order chi connectivity index (χ0) is 104. The highest BCUT2D eigenvalue weighted by Crippen LogP contribution is 2.50. The highest BCUT2D eigenvalue weighted by atomic mass is 35.5. The van der Waals surface area contributed by atoms with Gasteiger partial charge in [0.15, 0.2) is 27.3 Å². The Bertz CT molecular complexity index is 7160. The SMILES string of the molecule is CNC(=O)c1ccccc1Nc1nc(Nc2ccc(P(C)(C)=O)cc2OC)nc2[nH]ccc12.COc1cc(OCCCN2CCCC2)ccc1Nc1ncc(Cl)c(Nc2ccccc2P(C)(C)=O)n1.COc1cc(P(C)(C)=O)ccc1Nc1ncc(Cl)c(Nc2ccc(P(C)(C)=O)cc2OC)n1.COc1cc(P2(=O)CCN(C3CCN(C)CC3)CC2)ccc1Nc1ncc(Cl)c(Nc2ccccc2S(=O)(=O)C(C)C)n1. The molecule has 8 heterocycles. The van der Waals surface area contributed by atoms with Crippen molar-refractivity contribution in [3.63, 3.8) is 0 Å². The van der Waals surface area contributed by atoms with Gasteiger partial charge in [0.2, 0.25) is 23.8 Å². The van der Waals surface area contributed by atoms with Crippen molar-refractivity contribution in [3.8, 4) is 34.5 Å². The maximum absolute atomic E-state index is 14.0. The van der Waals surface area contributed by atoms with Crippen molar-refractivity contribution in [2.24, 2.45) is 0 Å². The van der Waals surface area contributed by atoms with Gasteiger partial charge in [0.1, 0.15) is 96.7 Å². The van der Waals surface area contributed by atoms with Crippen LogP contribution in [-0.2, 0) is 32.7 Å². The molecule has 10 N–H and O–H groups in total. The number of sulfone groups is 1. The van der Waals surface area contributed by atoms with Crippen molar-refractivity contribution in [2.75, 3.05) is 210 Å². The van der Waals surface area contributed by atoms with Crippen LogP contribution in [-0.4, -0.2) is 253 Å². The molecule has 35 nitrogen and oxygen atoms in total. The van der Waals surface area contributed by atoms with Gasteiger partial charge in [-0.15, -0.1) is 0 Å². The molecule has 0 radical (unpaired) electrons. The number of aromatic amines is 1. The second kappa shape index (κ2) is 49.1. The highest BCUT2D eigenvalue weighted by molar-refractivity contribution is 7.92. The lowest BCUT2D eigenvalue weighted by atomic mass is 10.0. The molecule has 0 aliphatic carbocycles. The normalized spacial score (nSPS) is 14.2. The molecule has 145 heavy (non-hydrogen) atoms. The molecule has 44 heteroatoms. The second-order valence-electron chi connectivity index (χ2n) is 36.5. The number of carbonyl (C=O) groups is 1. The molecule has 0 bridgehead atoms. The third kappa shape index (κ3) is 29.1. The number of H-pyrrole nitrogens is 1. The van der Waals surface area contributed by atoms with Gasteiger partial charge in [0.05, 0.1) is 127 Å². The van der Waals surface area contributed by atoms with Crippen LogP contribution in [0.5, 0.6) is 34.5 Å². The summed E-state index contributed by atoms with van der Waals surface area (Å²) >= 11 is 19.1. The molecule has 0 saturated carbocycles. The Morgan fingerprint density at radius 2 is 0.897 bits per heavy atom. The molecule has 3 saturated heterocycles. The van der Waals surface area contributed by atoms with E-state index < -0.39 is 50.8 Å². The molecular formula is C101H125Cl3N21O14P5S. The molecular weight excluding hydrogens is 2020 g/mol. The number of nitrogens with one attached hydrogen (secondary N) is 10. The molecule has 8 aromatic carbocycles. The first-order valence-corrected chi connectivity index (χ1v) is 62.0. The van der Waals surface area contributed by atoms with Gasteiger partial charge in [0.25, 0.3) is 5.91 Å². The van der Waals surface area contributed by atoms with Crippen LogP contribution in [0.1, 0.15) is 56.3 Å². The Labute approximate surface area is 862 Å². The van der Waals surface area contributed by atoms with E-state index in [0.717, 1.165) is 66.2 Å². The number of anilines is 16. The fourth-order valence-electron chi connectivity index (χ4n) is 16.2. The third-order valence-corrected chi connectivity index (χ3v) is 36.6. The van der Waals surface area contributed by atoms with Gasteiger partial charge in [-0.25, -0.2) is 23.4 Å². The number of aromatic nitrogens is 9. The number of para-hydroxylation sites is 3. The number of halogens is 3. The molecule has 0 unspecified atom stereocenters. The van der Waals surface area contributed by atoms with Crippen molar-refractivity contribution in [2.45, 2.75) is 62.1 Å². The fourth-order valence-corrected chi connectivity index (χ4v) is 24.2. The lowest BCUT2D eigenvalue weighted by Gasteiger charge is -2.41. The maximum atomic E-state index is 14.0. The van der Waals surface area contributed by atoms with Crippen LogP contribution in [0.25, 0.3) is 11.0 Å². The summed E-state index contributed by atoms with van der Waals surface area (Å²) in [4.78, 5) is 58.5. The van der Waals surface area contributed by atoms with E-state index in [1.54, 1.807) is 193 Å². The standard InChI is InChI=1S/C30H40ClN6O4PS.C26H33ClN5O3P.C23H25N6O3P.C22H27ClN4O4P2/c1-21(2)43(39,40)28-8-6-5-7-26(28)33-29-24(31)20-32-30(35-29)34-25-10-9-23(19-27(25)41-4)42(38)17-15-37(16-18-42)22-11-13-36(3)14-12-22;1-34-23-17-19(35-16-8-15-32-13-6-7-14-32)11-12-21(23)30-26-28-18-20(27)25(31-26)29-22-9-4-5-10-24(22)36(2,3)33;1-24-22(30)15-7-5-6-8-17(15)26-21-16-11-12-25-20(16)28-23(29-21)27-18-10-9-14(33(3,4)31)13-19(18)32-2;1-30-19-11-14(32(3,4)28)7-9-17(19)25-21-16(23)13-24-22(27-21)26-18-10-8-15(33(5,6)29)12-20(18)31-2/h5-10,19-22H,11-18H2,1-4H3,(H2,32,33,34,35);4-5,9-12,17-18H,6-8,13-16H2,1-3H3,(H2,28,29,30,31);5-13H,1-4H3,(H,24,30)(H3,25,26,27,28,29);7-13H,1-6H3,(H2,24,25,26,27). The van der Waals surface area contributed by atoms with Gasteiger partial charge in [-0.05, 0) is 260 Å². The molecule has 0 spiro atoms. The lowest BCUT2D eigenvalue weighted by Crippen LogP contribution is -2.48. The number of hydrogen-bond donors (Lipinski definition) is 10. The summed E-state index contributed by atoms with van der Waals surface area (Å²) in [5.74, 6) is 6.00. The molecule has 770 valence electrons. The summed E-state index contributed by atoms with van der Waals surface area (Å²) in [6.45, 7) is 25.0. The van der Waals surface area contributed by atoms with Crippen LogP contribution < -0.4 is 103 Å². The number of nitrogens with zero attached hydrogens (tertiary/aromatic N) is 11. The Balaban J connectivity index is 0.000000163. The number of hydrogen-bond acceptors (Lipinski definition) is 33. The zero-order valence-electron chi connectivity index (χ0n) is 84.1. The number of methoxy groups -OCH3 is 5. The number of carbonyl (C=O) groups excluding carboxylic acids is 1.